The predicted molar refractivity (Wildman–Crippen MR) is 97.1 cm³/mol. The molecule has 2 amide bonds. The number of aliphatic carboxylic acids is 1. The van der Waals surface area contributed by atoms with Crippen molar-refractivity contribution in [1.29, 1.82) is 0 Å². The standard InChI is InChI=1S/C18H24ClN3O3/c1-11-6-13(19)4-5-16(11)21-18(25)20-14-7-15(8-14)22(10-17(23)24)9-12-2-3-12/h4-6,12,14-15H,2-3,7-10H2,1H3,(H,23,24)(H2,20,21,25). The molecule has 25 heavy (non-hydrogen) atoms. The van der Waals surface area contributed by atoms with Gasteiger partial charge in [-0.05, 0) is 62.3 Å². The van der Waals surface area contributed by atoms with Crippen molar-refractivity contribution in [1.82, 2.24) is 10.2 Å². The Bertz CT molecular complexity index is 657. The molecule has 3 N–H and O–H groups in total. The minimum Gasteiger partial charge on any atom is -0.480 e. The summed E-state index contributed by atoms with van der Waals surface area (Å²) in [5.74, 6) is -0.129. The summed E-state index contributed by atoms with van der Waals surface area (Å²) in [7, 11) is 0. The first kappa shape index (κ1) is 18.0. The number of halogens is 1. The molecule has 0 bridgehead atoms. The summed E-state index contributed by atoms with van der Waals surface area (Å²) in [6.45, 7) is 2.84. The molecule has 2 saturated carbocycles. The molecule has 1 aromatic rings. The molecular weight excluding hydrogens is 342 g/mol. The van der Waals surface area contributed by atoms with Gasteiger partial charge in [0.25, 0.3) is 0 Å². The fourth-order valence-electron chi connectivity index (χ4n) is 3.26. The van der Waals surface area contributed by atoms with Gasteiger partial charge in [-0.15, -0.1) is 0 Å². The van der Waals surface area contributed by atoms with Crippen molar-refractivity contribution < 1.29 is 14.7 Å². The zero-order valence-electron chi connectivity index (χ0n) is 14.3. The molecule has 2 aliphatic carbocycles. The van der Waals surface area contributed by atoms with Crippen molar-refractivity contribution in [3.63, 3.8) is 0 Å². The van der Waals surface area contributed by atoms with Crippen molar-refractivity contribution in [2.75, 3.05) is 18.4 Å². The van der Waals surface area contributed by atoms with Crippen LogP contribution in [0.5, 0.6) is 0 Å². The highest BCUT2D eigenvalue weighted by Crippen LogP contribution is 2.33. The van der Waals surface area contributed by atoms with Crippen LogP contribution in [0, 0.1) is 12.8 Å². The average molecular weight is 366 g/mol. The van der Waals surface area contributed by atoms with Crippen molar-refractivity contribution in [2.24, 2.45) is 5.92 Å². The first-order valence-electron chi connectivity index (χ1n) is 8.70. The summed E-state index contributed by atoms with van der Waals surface area (Å²) in [6, 6.07) is 5.43. The van der Waals surface area contributed by atoms with Crippen molar-refractivity contribution in [3.8, 4) is 0 Å². The Balaban J connectivity index is 1.45. The van der Waals surface area contributed by atoms with E-state index in [9.17, 15) is 9.59 Å². The van der Waals surface area contributed by atoms with E-state index in [1.165, 1.54) is 12.8 Å². The van der Waals surface area contributed by atoms with Crippen LogP contribution in [0.2, 0.25) is 5.02 Å². The number of benzene rings is 1. The molecule has 136 valence electrons. The molecule has 3 rings (SSSR count). The summed E-state index contributed by atoms with van der Waals surface area (Å²) in [6.07, 6.45) is 4.00. The molecule has 0 aliphatic heterocycles. The fraction of sp³-hybridized carbons (Fsp3) is 0.556. The third kappa shape index (κ3) is 5.09. The maximum absolute atomic E-state index is 12.1. The molecule has 2 fully saturated rings. The SMILES string of the molecule is Cc1cc(Cl)ccc1NC(=O)NC1CC(N(CC(=O)O)CC2CC2)C1. The molecule has 0 radical (unpaired) electrons. The van der Waals surface area contributed by atoms with E-state index in [-0.39, 0.29) is 24.7 Å². The van der Waals surface area contributed by atoms with Crippen LogP contribution >= 0.6 is 11.6 Å². The van der Waals surface area contributed by atoms with E-state index in [0.29, 0.717) is 10.9 Å². The van der Waals surface area contributed by atoms with Crippen molar-refractivity contribution in [2.45, 2.75) is 44.7 Å². The quantitative estimate of drug-likeness (QED) is 0.693. The molecule has 1 aromatic carbocycles. The van der Waals surface area contributed by atoms with Gasteiger partial charge < -0.3 is 15.7 Å². The van der Waals surface area contributed by atoms with Gasteiger partial charge in [-0.3, -0.25) is 9.69 Å². The first-order chi connectivity index (χ1) is 11.9. The number of nitrogens with one attached hydrogen (secondary N) is 2. The number of carbonyl (C=O) groups is 2. The lowest BCUT2D eigenvalue weighted by atomic mass is 9.85. The molecule has 0 unspecified atom stereocenters. The number of nitrogens with zero attached hydrogens (tertiary/aromatic N) is 1. The van der Waals surface area contributed by atoms with E-state index >= 15 is 0 Å². The largest absolute Gasteiger partial charge is 0.480 e. The molecule has 0 saturated heterocycles. The van der Waals surface area contributed by atoms with E-state index in [0.717, 1.165) is 30.6 Å². The van der Waals surface area contributed by atoms with E-state index < -0.39 is 5.97 Å². The number of carboxylic acid groups (broad SMARTS) is 1. The van der Waals surface area contributed by atoms with Crippen molar-refractivity contribution >= 4 is 29.3 Å². The van der Waals surface area contributed by atoms with Gasteiger partial charge >= 0.3 is 12.0 Å². The van der Waals surface area contributed by atoms with Gasteiger partial charge in [0.2, 0.25) is 0 Å². The van der Waals surface area contributed by atoms with Gasteiger partial charge in [0.05, 0.1) is 6.54 Å². The summed E-state index contributed by atoms with van der Waals surface area (Å²) in [5.41, 5.74) is 1.64. The molecule has 7 heteroatoms. The van der Waals surface area contributed by atoms with E-state index in [1.807, 2.05) is 6.92 Å². The number of carboxylic acids is 1. The molecule has 0 atom stereocenters. The van der Waals surface area contributed by atoms with Gasteiger partial charge in [0.1, 0.15) is 0 Å². The van der Waals surface area contributed by atoms with Crippen molar-refractivity contribution in [3.05, 3.63) is 28.8 Å². The van der Waals surface area contributed by atoms with Gasteiger partial charge in [-0.2, -0.15) is 0 Å². The average Bonchev–Trinajstić information content (AvgIpc) is 3.28. The normalized spacial score (nSPS) is 22.4. The number of urea groups is 1. The molecule has 0 aromatic heterocycles. The van der Waals surface area contributed by atoms with Gasteiger partial charge in [-0.25, -0.2) is 4.79 Å². The summed E-state index contributed by atoms with van der Waals surface area (Å²) in [4.78, 5) is 25.2. The predicted octanol–water partition coefficient (Wildman–Crippen LogP) is 3.10. The van der Waals surface area contributed by atoms with Gasteiger partial charge in [-0.1, -0.05) is 11.6 Å². The topological polar surface area (TPSA) is 81.7 Å². The maximum Gasteiger partial charge on any atom is 0.319 e. The van der Waals surface area contributed by atoms with Crippen LogP contribution in [-0.2, 0) is 4.79 Å². The van der Waals surface area contributed by atoms with Crippen LogP contribution in [0.3, 0.4) is 0 Å². The Morgan fingerprint density at radius 2 is 2.04 bits per heavy atom. The summed E-state index contributed by atoms with van der Waals surface area (Å²) >= 11 is 5.92. The van der Waals surface area contributed by atoms with Gasteiger partial charge in [0.15, 0.2) is 0 Å². The third-order valence-electron chi connectivity index (χ3n) is 4.93. The van der Waals surface area contributed by atoms with Crippen LogP contribution in [0.15, 0.2) is 18.2 Å². The zero-order valence-corrected chi connectivity index (χ0v) is 15.1. The number of hydrogen-bond donors (Lipinski definition) is 3. The van der Waals surface area contributed by atoms with Gasteiger partial charge in [0, 0.05) is 29.3 Å². The summed E-state index contributed by atoms with van der Waals surface area (Å²) in [5, 5.41) is 15.5. The Morgan fingerprint density at radius 1 is 1.32 bits per heavy atom. The molecular formula is C18H24ClN3O3. The minimum atomic E-state index is -0.784. The fourth-order valence-corrected chi connectivity index (χ4v) is 3.49. The highest BCUT2D eigenvalue weighted by atomic mass is 35.5. The Hall–Kier alpha value is -1.79. The number of anilines is 1. The molecule has 2 aliphatic rings. The number of amides is 2. The Morgan fingerprint density at radius 3 is 2.64 bits per heavy atom. The smallest absolute Gasteiger partial charge is 0.319 e. The second-order valence-electron chi connectivity index (χ2n) is 7.15. The number of hydrogen-bond acceptors (Lipinski definition) is 3. The Labute approximate surface area is 152 Å². The van der Waals surface area contributed by atoms with Crippen LogP contribution in [-0.4, -0.2) is 47.2 Å². The van der Waals surface area contributed by atoms with E-state index in [2.05, 4.69) is 15.5 Å². The van der Waals surface area contributed by atoms with Crippen LogP contribution in [0.1, 0.15) is 31.2 Å². The van der Waals surface area contributed by atoms with Crippen LogP contribution in [0.25, 0.3) is 0 Å². The summed E-state index contributed by atoms with van der Waals surface area (Å²) < 4.78 is 0. The second-order valence-corrected chi connectivity index (χ2v) is 7.58. The lowest BCUT2D eigenvalue weighted by Gasteiger charge is -2.42. The molecule has 0 heterocycles. The van der Waals surface area contributed by atoms with E-state index in [1.54, 1.807) is 18.2 Å². The zero-order chi connectivity index (χ0) is 18.0. The first-order valence-corrected chi connectivity index (χ1v) is 9.08. The highest BCUT2D eigenvalue weighted by Gasteiger charge is 2.37. The minimum absolute atomic E-state index is 0.0874. The van der Waals surface area contributed by atoms with Crippen LogP contribution < -0.4 is 10.6 Å². The highest BCUT2D eigenvalue weighted by molar-refractivity contribution is 6.30. The van der Waals surface area contributed by atoms with E-state index in [4.69, 9.17) is 16.7 Å². The Kier molecular flexibility index (Phi) is 5.49. The third-order valence-corrected chi connectivity index (χ3v) is 5.16. The number of aryl methyl sites for hydroxylation is 1. The monoisotopic (exact) mass is 365 g/mol. The second kappa shape index (κ2) is 7.62. The lowest BCUT2D eigenvalue weighted by molar-refractivity contribution is -0.139. The van der Waals surface area contributed by atoms with Crippen LogP contribution in [0.4, 0.5) is 10.5 Å². The number of carbonyl (C=O) groups excluding carboxylic acids is 1. The number of rotatable bonds is 7. The maximum atomic E-state index is 12.1. The molecule has 0 spiro atoms. The lowest BCUT2D eigenvalue weighted by Crippen LogP contribution is -2.55. The molecule has 6 nitrogen and oxygen atoms in total.